The predicted molar refractivity (Wildman–Crippen MR) is 69.6 cm³/mol. The van der Waals surface area contributed by atoms with E-state index < -0.39 is 5.97 Å². The second kappa shape index (κ2) is 5.86. The Morgan fingerprint density at radius 2 is 2.32 bits per heavy atom. The summed E-state index contributed by atoms with van der Waals surface area (Å²) in [7, 11) is 0. The number of hydrogen-bond donors (Lipinski definition) is 2. The Morgan fingerprint density at radius 1 is 1.53 bits per heavy atom. The standard InChI is InChI=1S/C13H19N3O3/c1-9-3-2-4-10(7-9)13(19)14-11-5-6-16(15-11)8-12(17)18/h5-6,9-10H,2-4,7-8H2,1H3,(H,17,18)(H,14,15,19). The average molecular weight is 265 g/mol. The molecule has 1 amide bonds. The molecule has 1 fully saturated rings. The summed E-state index contributed by atoms with van der Waals surface area (Å²) >= 11 is 0. The van der Waals surface area contributed by atoms with Crippen LogP contribution in [0, 0.1) is 11.8 Å². The van der Waals surface area contributed by atoms with Gasteiger partial charge in [0.15, 0.2) is 5.82 Å². The summed E-state index contributed by atoms with van der Waals surface area (Å²) in [5.74, 6) is 0.0983. The lowest BCUT2D eigenvalue weighted by Crippen LogP contribution is -2.27. The summed E-state index contributed by atoms with van der Waals surface area (Å²) in [4.78, 5) is 22.6. The maximum absolute atomic E-state index is 12.1. The highest BCUT2D eigenvalue weighted by molar-refractivity contribution is 5.91. The summed E-state index contributed by atoms with van der Waals surface area (Å²) in [6.45, 7) is 1.97. The fourth-order valence-electron chi connectivity index (χ4n) is 2.56. The molecule has 0 bridgehead atoms. The van der Waals surface area contributed by atoms with Gasteiger partial charge in [0.05, 0.1) is 0 Å². The van der Waals surface area contributed by atoms with E-state index in [1.165, 1.54) is 11.1 Å². The first-order valence-electron chi connectivity index (χ1n) is 6.60. The van der Waals surface area contributed by atoms with Crippen molar-refractivity contribution in [3.05, 3.63) is 12.3 Å². The molecule has 2 rings (SSSR count). The zero-order valence-corrected chi connectivity index (χ0v) is 11.0. The number of aliphatic carboxylic acids is 1. The normalized spacial score (nSPS) is 23.0. The number of nitrogens with zero attached hydrogens (tertiary/aromatic N) is 2. The molecule has 1 heterocycles. The fraction of sp³-hybridized carbons (Fsp3) is 0.615. The molecule has 0 spiro atoms. The van der Waals surface area contributed by atoms with E-state index in [-0.39, 0.29) is 18.4 Å². The van der Waals surface area contributed by atoms with Crippen LogP contribution in [-0.4, -0.2) is 26.8 Å². The number of nitrogens with one attached hydrogen (secondary N) is 1. The molecular formula is C13H19N3O3. The molecule has 1 aromatic heterocycles. The van der Waals surface area contributed by atoms with Crippen molar-refractivity contribution in [1.82, 2.24) is 9.78 Å². The third kappa shape index (κ3) is 3.81. The molecule has 2 atom stereocenters. The number of carbonyl (C=O) groups excluding carboxylic acids is 1. The van der Waals surface area contributed by atoms with Crippen LogP contribution in [0.3, 0.4) is 0 Å². The quantitative estimate of drug-likeness (QED) is 0.868. The highest BCUT2D eigenvalue weighted by Crippen LogP contribution is 2.29. The number of rotatable bonds is 4. The van der Waals surface area contributed by atoms with Crippen LogP contribution in [0.25, 0.3) is 0 Å². The van der Waals surface area contributed by atoms with Crippen LogP contribution in [0.1, 0.15) is 32.6 Å². The van der Waals surface area contributed by atoms with Crippen molar-refractivity contribution in [1.29, 1.82) is 0 Å². The molecular weight excluding hydrogens is 246 g/mol. The average Bonchev–Trinajstić information content (AvgIpc) is 2.75. The molecule has 19 heavy (non-hydrogen) atoms. The van der Waals surface area contributed by atoms with Crippen molar-refractivity contribution in [2.24, 2.45) is 11.8 Å². The van der Waals surface area contributed by atoms with Gasteiger partial charge in [-0.25, -0.2) is 0 Å². The monoisotopic (exact) mass is 265 g/mol. The Kier molecular flexibility index (Phi) is 4.19. The number of carbonyl (C=O) groups is 2. The molecule has 1 aliphatic rings. The molecule has 0 radical (unpaired) electrons. The topological polar surface area (TPSA) is 84.2 Å². The van der Waals surface area contributed by atoms with Gasteiger partial charge in [0.2, 0.25) is 5.91 Å². The molecule has 6 nitrogen and oxygen atoms in total. The Balaban J connectivity index is 1.91. The van der Waals surface area contributed by atoms with Crippen LogP contribution in [-0.2, 0) is 16.1 Å². The van der Waals surface area contributed by atoms with Crippen molar-refractivity contribution >= 4 is 17.7 Å². The highest BCUT2D eigenvalue weighted by Gasteiger charge is 2.25. The number of carboxylic acid groups (broad SMARTS) is 1. The first-order valence-corrected chi connectivity index (χ1v) is 6.60. The van der Waals surface area contributed by atoms with Gasteiger partial charge < -0.3 is 10.4 Å². The zero-order chi connectivity index (χ0) is 13.8. The zero-order valence-electron chi connectivity index (χ0n) is 11.0. The van der Waals surface area contributed by atoms with E-state index in [1.807, 2.05) is 0 Å². The van der Waals surface area contributed by atoms with Gasteiger partial charge in [-0.3, -0.25) is 14.3 Å². The smallest absolute Gasteiger partial charge is 0.325 e. The van der Waals surface area contributed by atoms with Gasteiger partial charge >= 0.3 is 5.97 Å². The molecule has 0 saturated heterocycles. The fourth-order valence-corrected chi connectivity index (χ4v) is 2.56. The van der Waals surface area contributed by atoms with Gasteiger partial charge in [-0.1, -0.05) is 19.8 Å². The van der Waals surface area contributed by atoms with Gasteiger partial charge in [-0.15, -0.1) is 0 Å². The highest BCUT2D eigenvalue weighted by atomic mass is 16.4. The van der Waals surface area contributed by atoms with E-state index >= 15 is 0 Å². The lowest BCUT2D eigenvalue weighted by atomic mass is 9.82. The van der Waals surface area contributed by atoms with Crippen molar-refractivity contribution in [2.75, 3.05) is 5.32 Å². The van der Waals surface area contributed by atoms with Crippen LogP contribution in [0.2, 0.25) is 0 Å². The molecule has 2 N–H and O–H groups in total. The van der Waals surface area contributed by atoms with E-state index in [0.29, 0.717) is 11.7 Å². The Labute approximate surface area is 111 Å². The SMILES string of the molecule is CC1CCCC(C(=O)Nc2ccn(CC(=O)O)n2)C1. The summed E-state index contributed by atoms with van der Waals surface area (Å²) in [6, 6.07) is 1.62. The maximum Gasteiger partial charge on any atom is 0.325 e. The number of anilines is 1. The van der Waals surface area contributed by atoms with Crippen LogP contribution in [0.5, 0.6) is 0 Å². The first-order chi connectivity index (χ1) is 9.04. The molecule has 2 unspecified atom stereocenters. The minimum atomic E-state index is -0.956. The van der Waals surface area contributed by atoms with E-state index in [2.05, 4.69) is 17.3 Å². The van der Waals surface area contributed by atoms with Gasteiger partial charge in [0, 0.05) is 18.2 Å². The Morgan fingerprint density at radius 3 is 3.00 bits per heavy atom. The first kappa shape index (κ1) is 13.6. The summed E-state index contributed by atoms with van der Waals surface area (Å²) in [5.41, 5.74) is 0. The molecule has 6 heteroatoms. The van der Waals surface area contributed by atoms with Gasteiger partial charge in [-0.05, 0) is 18.8 Å². The summed E-state index contributed by atoms with van der Waals surface area (Å²) < 4.78 is 1.29. The van der Waals surface area contributed by atoms with Gasteiger partial charge in [0.25, 0.3) is 0 Å². The van der Waals surface area contributed by atoms with Gasteiger partial charge in [0.1, 0.15) is 6.54 Å². The number of aromatic nitrogens is 2. The second-order valence-electron chi connectivity index (χ2n) is 5.25. The summed E-state index contributed by atoms with van der Waals surface area (Å²) in [6.07, 6.45) is 5.67. The van der Waals surface area contributed by atoms with Gasteiger partial charge in [-0.2, -0.15) is 5.10 Å². The van der Waals surface area contributed by atoms with Crippen LogP contribution in [0.4, 0.5) is 5.82 Å². The molecule has 1 saturated carbocycles. The van der Waals surface area contributed by atoms with E-state index in [9.17, 15) is 9.59 Å². The predicted octanol–water partition coefficient (Wildman–Crippen LogP) is 1.73. The summed E-state index contributed by atoms with van der Waals surface area (Å²) in [5, 5.41) is 15.4. The lowest BCUT2D eigenvalue weighted by molar-refractivity contribution is -0.137. The van der Waals surface area contributed by atoms with E-state index in [0.717, 1.165) is 19.3 Å². The van der Waals surface area contributed by atoms with Crippen LogP contribution in [0.15, 0.2) is 12.3 Å². The van der Waals surface area contributed by atoms with Crippen LogP contribution < -0.4 is 5.32 Å². The minimum Gasteiger partial charge on any atom is -0.480 e. The van der Waals surface area contributed by atoms with E-state index in [4.69, 9.17) is 5.11 Å². The molecule has 1 aliphatic carbocycles. The molecule has 0 aliphatic heterocycles. The number of amides is 1. The third-order valence-electron chi connectivity index (χ3n) is 3.50. The second-order valence-corrected chi connectivity index (χ2v) is 5.25. The maximum atomic E-state index is 12.1. The van der Waals surface area contributed by atoms with Crippen molar-refractivity contribution < 1.29 is 14.7 Å². The largest absolute Gasteiger partial charge is 0.480 e. The Bertz CT molecular complexity index is 469. The molecule has 1 aromatic rings. The molecule has 104 valence electrons. The van der Waals surface area contributed by atoms with E-state index in [1.54, 1.807) is 12.3 Å². The van der Waals surface area contributed by atoms with Crippen molar-refractivity contribution in [2.45, 2.75) is 39.2 Å². The third-order valence-corrected chi connectivity index (χ3v) is 3.50. The van der Waals surface area contributed by atoms with Crippen molar-refractivity contribution in [3.8, 4) is 0 Å². The minimum absolute atomic E-state index is 0.00729. The number of hydrogen-bond acceptors (Lipinski definition) is 3. The number of carboxylic acids is 1. The Hall–Kier alpha value is -1.85. The van der Waals surface area contributed by atoms with Crippen LogP contribution >= 0.6 is 0 Å². The van der Waals surface area contributed by atoms with Crippen molar-refractivity contribution in [3.63, 3.8) is 0 Å². The lowest BCUT2D eigenvalue weighted by Gasteiger charge is -2.25. The molecule has 0 aromatic carbocycles.